The quantitative estimate of drug-likeness (QED) is 0.328. The summed E-state index contributed by atoms with van der Waals surface area (Å²) in [6.07, 6.45) is 0. The first-order valence-electron chi connectivity index (χ1n) is 0.655. The van der Waals surface area contributed by atoms with Crippen LogP contribution in [0, 0.1) is 0 Å². The van der Waals surface area contributed by atoms with E-state index in [1.54, 1.807) is 0 Å². The van der Waals surface area contributed by atoms with Gasteiger partial charge in [0, 0.05) is 0 Å². The van der Waals surface area contributed by atoms with Gasteiger partial charge >= 0.3 is 15.5 Å². The van der Waals surface area contributed by atoms with E-state index in [0.717, 1.165) is 0 Å². The molecule has 0 radical (unpaired) electrons. The Labute approximate surface area is 36.8 Å². The lowest BCUT2D eigenvalue weighted by Gasteiger charge is -1.52. The van der Waals surface area contributed by atoms with Gasteiger partial charge in [0.05, 0.1) is 0 Å². The van der Waals surface area contributed by atoms with Crippen LogP contribution < -0.4 is 0 Å². The second-order valence-corrected chi connectivity index (χ2v) is 0.742. The Kier molecular flexibility index (Phi) is 8.77. The predicted molar refractivity (Wildman–Crippen MR) is 20.2 cm³/mol. The van der Waals surface area contributed by atoms with Gasteiger partial charge in [-0.15, -0.1) is 0 Å². The topological polar surface area (TPSA) is 0 Å². The largest absolute Gasteiger partial charge is 1.04 e. The minimum Gasteiger partial charge on any atom is -0.346 e. The molecule has 0 heterocycles. The third kappa shape index (κ3) is 63.6. The molecule has 0 aromatic heterocycles. The Morgan fingerprint density at radius 2 is 1.00 bits per heavy atom. The highest BCUT2D eigenvalue weighted by Gasteiger charge is 2.21. The maximum Gasteiger partial charge on any atom is 1.04 e. The molecule has 32 valence electrons. The Morgan fingerprint density at radius 1 is 1.00 bits per heavy atom. The van der Waals surface area contributed by atoms with Crippen molar-refractivity contribution < 1.29 is 10.6 Å². The molecule has 0 aliphatic carbocycles. The molecule has 0 saturated heterocycles. The zero-order valence-corrected chi connectivity index (χ0v) is 4.99. The minimum atomic E-state index is -4.64. The van der Waals surface area contributed by atoms with E-state index in [4.69, 9.17) is 0 Å². The Balaban J connectivity index is 0. The van der Waals surface area contributed by atoms with Gasteiger partial charge in [-0.1, -0.05) is 0 Å². The summed E-state index contributed by atoms with van der Waals surface area (Å²) in [5, 5.41) is 0. The minimum absolute atomic E-state index is 0. The van der Waals surface area contributed by atoms with Crippen LogP contribution in [0.15, 0.2) is 0 Å². The van der Waals surface area contributed by atoms with Gasteiger partial charge < -0.3 is 10.6 Å². The molecule has 0 nitrogen and oxygen atoms in total. The zero-order valence-electron chi connectivity index (χ0n) is 2.42. The first-order valence-corrected chi connectivity index (χ1v) is 1.96. The summed E-state index contributed by atoms with van der Waals surface area (Å²) in [4.78, 5) is 0. The summed E-state index contributed by atoms with van der Waals surface area (Å²) < 4.78 is 29.4. The lowest BCUT2D eigenvalue weighted by molar-refractivity contribution is 0.535. The average Bonchev–Trinajstić information content (AvgIpc) is 0.811. The fourth-order valence-corrected chi connectivity index (χ4v) is 0. The Morgan fingerprint density at radius 3 is 1.00 bits per heavy atom. The summed E-state index contributed by atoms with van der Waals surface area (Å²) >= 11 is -4.64. The van der Waals surface area contributed by atoms with Gasteiger partial charge in [0.1, 0.15) is 0 Å². The molecule has 5 heteroatoms. The molecule has 0 bridgehead atoms. The fourth-order valence-electron chi connectivity index (χ4n) is 0. The molecule has 0 aromatic rings. The molecule has 0 amide bonds. The molecule has 1 unspecified atom stereocenters. The normalized spacial score (nSPS) is 5.40. The number of hydrogen-bond donors (Lipinski definition) is 0. The average molecular weight is 118 g/mol. The van der Waals surface area contributed by atoms with E-state index >= 15 is 0 Å². The third-order valence-corrected chi connectivity index (χ3v) is 0. The van der Waals surface area contributed by atoms with E-state index in [1.165, 1.54) is 0 Å². The molecule has 5 heavy (non-hydrogen) atoms. The summed E-state index contributed by atoms with van der Waals surface area (Å²) in [5.74, 6) is 0. The van der Waals surface area contributed by atoms with Crippen molar-refractivity contribution >= 4 is 25.4 Å². The Bertz CT molecular complexity index is 11.6. The Hall–Kier alpha value is 0.752. The van der Waals surface area contributed by atoms with Gasteiger partial charge in [-0.25, -0.2) is 0 Å². The highest BCUT2D eigenvalue weighted by atomic mass is 31.0. The van der Waals surface area contributed by atoms with E-state index < -0.39 is 15.5 Å². The zero-order chi connectivity index (χ0) is 3.58. The van der Waals surface area contributed by atoms with Crippen LogP contribution in [0.1, 0.15) is 0 Å². The molecule has 0 N–H and O–H groups in total. The van der Waals surface area contributed by atoms with Crippen molar-refractivity contribution in [1.29, 1.82) is 0 Å². The molecule has 0 aromatic carbocycles. The number of hydrogen-bond acceptors (Lipinski definition) is 0. The van der Waals surface area contributed by atoms with Crippen LogP contribution in [0.2, 0.25) is 0 Å². The van der Waals surface area contributed by atoms with E-state index in [0.29, 0.717) is 0 Å². The van der Waals surface area contributed by atoms with E-state index in [9.17, 15) is 10.6 Å². The van der Waals surface area contributed by atoms with Crippen LogP contribution in [0.5, 0.6) is 0 Å². The van der Waals surface area contributed by atoms with Crippen LogP contribution in [0.3, 0.4) is 0 Å². The summed E-state index contributed by atoms with van der Waals surface area (Å²) in [7, 11) is 0. The highest BCUT2D eigenvalue weighted by Crippen LogP contribution is 1.80. The molecule has 0 rings (SSSR count). The van der Waals surface area contributed by atoms with Crippen molar-refractivity contribution in [1.82, 2.24) is 0 Å². The van der Waals surface area contributed by atoms with Crippen LogP contribution in [-0.4, -0.2) is 15.5 Å². The summed E-state index contributed by atoms with van der Waals surface area (Å²) in [6.45, 7) is 0. The molecule has 1 atom stereocenters. The predicted octanol–water partition coefficient (Wildman–Crippen LogP) is 0.938. The smallest absolute Gasteiger partial charge is 0.346 e. The van der Waals surface area contributed by atoms with Crippen molar-refractivity contribution in [2.24, 2.45) is 0 Å². The van der Waals surface area contributed by atoms with Crippen molar-refractivity contribution in [2.75, 3.05) is 0 Å². The first-order chi connectivity index (χ1) is 1.73. The van der Waals surface area contributed by atoms with Crippen LogP contribution in [0.25, 0.3) is 0 Å². The van der Waals surface area contributed by atoms with Crippen molar-refractivity contribution in [3.05, 3.63) is 0 Å². The second-order valence-electron chi connectivity index (χ2n) is 0.247. The highest BCUT2D eigenvalue weighted by molar-refractivity contribution is 6.92. The maximum absolute atomic E-state index is 9.81. The second kappa shape index (κ2) is 4.75. The molecule has 0 aliphatic heterocycles. The number of rotatable bonds is 0. The lowest BCUT2D eigenvalue weighted by atomic mass is 18.6. The summed E-state index contributed by atoms with van der Waals surface area (Å²) in [5.41, 5.74) is 0. The van der Waals surface area contributed by atoms with E-state index in [-0.39, 0.29) is 9.90 Å². The van der Waals surface area contributed by atoms with Crippen molar-refractivity contribution in [3.63, 3.8) is 0 Å². The molecule has 0 saturated carbocycles. The molecular formula is H3AlF3P. The van der Waals surface area contributed by atoms with Gasteiger partial charge in [0.25, 0.3) is 0 Å². The number of halogens is 3. The SMILES string of the molecule is P.[F][Al]([F])[F]. The third-order valence-electron chi connectivity index (χ3n) is 0. The van der Waals surface area contributed by atoms with Gasteiger partial charge in [-0.2, -0.15) is 9.90 Å². The van der Waals surface area contributed by atoms with E-state index in [1.807, 2.05) is 0 Å². The van der Waals surface area contributed by atoms with Crippen molar-refractivity contribution in [3.8, 4) is 0 Å². The molecule has 0 fully saturated rings. The first kappa shape index (κ1) is 9.23. The fraction of sp³-hybridized carbons (Fsp3) is 0. The maximum atomic E-state index is 9.81. The standard InChI is InChI=1S/Al.3FH.H3P/h;3*1H;1H3/q+3;;;;/p-3. The molecule has 0 aliphatic rings. The van der Waals surface area contributed by atoms with Gasteiger partial charge in [-0.05, 0) is 0 Å². The monoisotopic (exact) mass is 118 g/mol. The van der Waals surface area contributed by atoms with E-state index in [2.05, 4.69) is 0 Å². The van der Waals surface area contributed by atoms with Gasteiger partial charge in [0.15, 0.2) is 0 Å². The lowest BCUT2D eigenvalue weighted by Crippen LogP contribution is -1.76. The summed E-state index contributed by atoms with van der Waals surface area (Å²) in [6, 6.07) is 0. The molecular weight excluding hydrogens is 115 g/mol. The van der Waals surface area contributed by atoms with Crippen LogP contribution in [0.4, 0.5) is 10.6 Å². The van der Waals surface area contributed by atoms with Crippen LogP contribution >= 0.6 is 9.90 Å². The van der Waals surface area contributed by atoms with Crippen molar-refractivity contribution in [2.45, 2.75) is 0 Å². The van der Waals surface area contributed by atoms with Gasteiger partial charge in [0.2, 0.25) is 0 Å². The van der Waals surface area contributed by atoms with Gasteiger partial charge in [-0.3, -0.25) is 0 Å². The van der Waals surface area contributed by atoms with Crippen LogP contribution in [-0.2, 0) is 0 Å². The molecule has 0 spiro atoms.